The lowest BCUT2D eigenvalue weighted by Gasteiger charge is -2.05. The summed E-state index contributed by atoms with van der Waals surface area (Å²) in [5.74, 6) is 6.48. The van der Waals surface area contributed by atoms with Crippen LogP contribution >= 0.6 is 11.3 Å². The van der Waals surface area contributed by atoms with Crippen LogP contribution in [0.4, 0.5) is 0 Å². The third-order valence-electron chi connectivity index (χ3n) is 3.31. The molecule has 3 aromatic rings. The van der Waals surface area contributed by atoms with E-state index in [1.165, 1.54) is 0 Å². The van der Waals surface area contributed by atoms with Gasteiger partial charge >= 0.3 is 0 Å². The fourth-order valence-electron chi connectivity index (χ4n) is 2.20. The van der Waals surface area contributed by atoms with Gasteiger partial charge in [-0.05, 0) is 23.6 Å². The van der Waals surface area contributed by atoms with Crippen molar-refractivity contribution in [3.63, 3.8) is 0 Å². The molecule has 0 aliphatic carbocycles. The zero-order chi connectivity index (χ0) is 16.6. The van der Waals surface area contributed by atoms with Crippen molar-refractivity contribution in [3.05, 3.63) is 58.9 Å². The lowest BCUT2D eigenvalue weighted by Crippen LogP contribution is -2.25. The quantitative estimate of drug-likeness (QED) is 0.729. The van der Waals surface area contributed by atoms with Gasteiger partial charge in [-0.25, -0.2) is 0 Å². The van der Waals surface area contributed by atoms with Gasteiger partial charge in [-0.1, -0.05) is 36.1 Å². The molecule has 0 saturated carbocycles. The second-order valence-corrected chi connectivity index (χ2v) is 6.04. The summed E-state index contributed by atoms with van der Waals surface area (Å²) in [5.41, 5.74) is 0.825. The number of benzene rings is 1. The molecule has 0 unspecified atom stereocenters. The van der Waals surface area contributed by atoms with Crippen molar-refractivity contribution in [1.29, 1.82) is 0 Å². The molecule has 24 heavy (non-hydrogen) atoms. The molecule has 0 atom stereocenters. The van der Waals surface area contributed by atoms with E-state index in [1.54, 1.807) is 17.5 Å². The predicted octanol–water partition coefficient (Wildman–Crippen LogP) is 3.04. The zero-order valence-electron chi connectivity index (χ0n) is 13.0. The van der Waals surface area contributed by atoms with E-state index in [9.17, 15) is 4.79 Å². The van der Waals surface area contributed by atoms with Gasteiger partial charge in [-0.2, -0.15) is 0 Å². The maximum absolute atomic E-state index is 11.7. The van der Waals surface area contributed by atoms with Crippen molar-refractivity contribution in [3.8, 4) is 17.6 Å². The molecule has 1 aromatic carbocycles. The van der Waals surface area contributed by atoms with Gasteiger partial charge in [0.1, 0.15) is 17.9 Å². The normalized spacial score (nSPS) is 10.0. The van der Waals surface area contributed by atoms with E-state index < -0.39 is 0 Å². The van der Waals surface area contributed by atoms with E-state index in [1.807, 2.05) is 47.8 Å². The summed E-state index contributed by atoms with van der Waals surface area (Å²) >= 11 is 1.57. The maximum Gasteiger partial charge on any atom is 0.226 e. The molecule has 2 heterocycles. The van der Waals surface area contributed by atoms with E-state index in [-0.39, 0.29) is 12.5 Å². The number of thiophene rings is 1. The molecule has 0 aliphatic rings. The first-order valence-corrected chi connectivity index (χ1v) is 8.42. The number of aromatic nitrogens is 1. The Morgan fingerprint density at radius 3 is 2.96 bits per heavy atom. The van der Waals surface area contributed by atoms with E-state index >= 15 is 0 Å². The van der Waals surface area contributed by atoms with Gasteiger partial charge in [0, 0.05) is 16.5 Å². The topological polar surface area (TPSA) is 51.2 Å². The monoisotopic (exact) mass is 336 g/mol. The van der Waals surface area contributed by atoms with Gasteiger partial charge in [-0.3, -0.25) is 9.78 Å². The Balaban J connectivity index is 1.45. The van der Waals surface area contributed by atoms with Crippen LogP contribution in [0.2, 0.25) is 0 Å². The molecule has 120 valence electrons. The van der Waals surface area contributed by atoms with E-state index in [0.717, 1.165) is 15.8 Å². The predicted molar refractivity (Wildman–Crippen MR) is 96.0 cm³/mol. The second kappa shape index (κ2) is 8.14. The largest absolute Gasteiger partial charge is 0.479 e. The van der Waals surface area contributed by atoms with Crippen LogP contribution in [0.1, 0.15) is 4.88 Å². The van der Waals surface area contributed by atoms with Gasteiger partial charge in [0.25, 0.3) is 0 Å². The molecule has 0 bridgehead atoms. The van der Waals surface area contributed by atoms with Gasteiger partial charge in [0.15, 0.2) is 0 Å². The molecule has 0 aliphatic heterocycles. The molecule has 4 nitrogen and oxygen atoms in total. The first-order chi connectivity index (χ1) is 11.8. The van der Waals surface area contributed by atoms with Crippen LogP contribution < -0.4 is 10.1 Å². The van der Waals surface area contributed by atoms with Crippen molar-refractivity contribution in [2.45, 2.75) is 6.42 Å². The Bertz CT molecular complexity index is 874. The molecule has 3 rings (SSSR count). The second-order valence-electron chi connectivity index (χ2n) is 5.01. The molecule has 5 heteroatoms. The highest BCUT2D eigenvalue weighted by Crippen LogP contribution is 2.22. The van der Waals surface area contributed by atoms with E-state index in [4.69, 9.17) is 4.74 Å². The van der Waals surface area contributed by atoms with E-state index in [0.29, 0.717) is 18.7 Å². The minimum absolute atomic E-state index is 0.0223. The number of pyridine rings is 1. The standard InChI is InChI=1S/C19H16N2O2S/c22-18(14-16-8-5-13-24-16)20-10-1-2-12-23-17-9-3-6-15-7-4-11-21-19(15)17/h3-9,11,13H,10,12,14H2,(H,20,22). The highest BCUT2D eigenvalue weighted by Gasteiger charge is 2.02. The molecule has 0 saturated heterocycles. The van der Waals surface area contributed by atoms with Crippen molar-refractivity contribution in [1.82, 2.24) is 10.3 Å². The van der Waals surface area contributed by atoms with Gasteiger partial charge < -0.3 is 10.1 Å². The Hall–Kier alpha value is -2.84. The number of nitrogens with one attached hydrogen (secondary N) is 1. The number of rotatable bonds is 5. The average molecular weight is 336 g/mol. The number of fused-ring (bicyclic) bond motifs is 1. The Labute approximate surface area is 144 Å². The molecule has 2 aromatic heterocycles. The van der Waals surface area contributed by atoms with Crippen molar-refractivity contribution >= 4 is 28.1 Å². The Morgan fingerprint density at radius 1 is 1.17 bits per heavy atom. The number of hydrogen-bond acceptors (Lipinski definition) is 4. The minimum atomic E-state index is -0.0223. The number of hydrogen-bond donors (Lipinski definition) is 1. The summed E-state index contributed by atoms with van der Waals surface area (Å²) < 4.78 is 5.66. The van der Waals surface area contributed by atoms with Gasteiger partial charge in [0.05, 0.1) is 13.0 Å². The first-order valence-electron chi connectivity index (χ1n) is 7.54. The first kappa shape index (κ1) is 16.0. The highest BCUT2D eigenvalue weighted by atomic mass is 32.1. The Morgan fingerprint density at radius 2 is 2.08 bits per heavy atom. The van der Waals surface area contributed by atoms with Crippen molar-refractivity contribution in [2.75, 3.05) is 13.2 Å². The SMILES string of the molecule is O=C(Cc1cccs1)NCC#CCOc1cccc2cccnc12. The average Bonchev–Trinajstić information content (AvgIpc) is 3.11. The summed E-state index contributed by atoms with van der Waals surface area (Å²) in [7, 11) is 0. The number of nitrogens with zero attached hydrogens (tertiary/aromatic N) is 1. The molecule has 1 N–H and O–H groups in total. The van der Waals surface area contributed by atoms with Crippen LogP contribution in [0.15, 0.2) is 54.0 Å². The highest BCUT2D eigenvalue weighted by molar-refractivity contribution is 7.10. The van der Waals surface area contributed by atoms with E-state index in [2.05, 4.69) is 22.1 Å². The Kier molecular flexibility index (Phi) is 5.44. The number of amides is 1. The molecule has 0 fully saturated rings. The summed E-state index contributed by atoms with van der Waals surface area (Å²) in [4.78, 5) is 17.1. The van der Waals surface area contributed by atoms with Crippen molar-refractivity contribution in [2.24, 2.45) is 0 Å². The zero-order valence-corrected chi connectivity index (χ0v) is 13.8. The lowest BCUT2D eigenvalue weighted by atomic mass is 10.2. The van der Waals surface area contributed by atoms with Crippen LogP contribution in [-0.4, -0.2) is 24.0 Å². The smallest absolute Gasteiger partial charge is 0.226 e. The number of ether oxygens (including phenoxy) is 1. The lowest BCUT2D eigenvalue weighted by molar-refractivity contribution is -0.120. The summed E-state index contributed by atoms with van der Waals surface area (Å²) in [6.07, 6.45) is 2.14. The molecular formula is C19H16N2O2S. The van der Waals surface area contributed by atoms with Gasteiger partial charge in [-0.15, -0.1) is 11.3 Å². The minimum Gasteiger partial charge on any atom is -0.479 e. The van der Waals surface area contributed by atoms with Crippen LogP contribution in [-0.2, 0) is 11.2 Å². The van der Waals surface area contributed by atoms with Gasteiger partial charge in [0.2, 0.25) is 5.91 Å². The number of carbonyl (C=O) groups is 1. The summed E-state index contributed by atoms with van der Waals surface area (Å²) in [6, 6.07) is 13.6. The summed E-state index contributed by atoms with van der Waals surface area (Å²) in [5, 5.41) is 5.77. The number of carbonyl (C=O) groups excluding carboxylic acids is 1. The molecular weight excluding hydrogens is 320 g/mol. The third-order valence-corrected chi connectivity index (χ3v) is 4.19. The van der Waals surface area contributed by atoms with Crippen LogP contribution in [0.25, 0.3) is 10.9 Å². The molecule has 0 spiro atoms. The van der Waals surface area contributed by atoms with Crippen LogP contribution in [0.5, 0.6) is 5.75 Å². The fraction of sp³-hybridized carbons (Fsp3) is 0.158. The summed E-state index contributed by atoms with van der Waals surface area (Å²) in [6.45, 7) is 0.581. The van der Waals surface area contributed by atoms with Crippen LogP contribution in [0, 0.1) is 11.8 Å². The molecule has 0 radical (unpaired) electrons. The maximum atomic E-state index is 11.7. The van der Waals surface area contributed by atoms with Crippen LogP contribution in [0.3, 0.4) is 0 Å². The molecule has 1 amide bonds. The fourth-order valence-corrected chi connectivity index (χ4v) is 2.90. The number of para-hydroxylation sites is 1. The van der Waals surface area contributed by atoms with Crippen molar-refractivity contribution < 1.29 is 9.53 Å². The third kappa shape index (κ3) is 4.34.